The lowest BCUT2D eigenvalue weighted by molar-refractivity contribution is -0.132. The maximum absolute atomic E-state index is 10.9. The summed E-state index contributed by atoms with van der Waals surface area (Å²) in [5, 5.41) is 8.98. The van der Waals surface area contributed by atoms with Crippen LogP contribution in [0.2, 0.25) is 0 Å². The number of hydrogen-bond donors (Lipinski definition) is 1. The van der Waals surface area contributed by atoms with E-state index in [1.807, 2.05) is 6.08 Å². The van der Waals surface area contributed by atoms with Crippen molar-refractivity contribution in [3.8, 4) is 0 Å². The van der Waals surface area contributed by atoms with Crippen molar-refractivity contribution in [1.82, 2.24) is 0 Å². The molecule has 2 nitrogen and oxygen atoms in total. The van der Waals surface area contributed by atoms with Crippen LogP contribution in [0.1, 0.15) is 104 Å². The molecule has 0 aromatic heterocycles. The van der Waals surface area contributed by atoms with E-state index in [0.29, 0.717) is 11.5 Å². The first-order chi connectivity index (χ1) is 10.6. The molecule has 0 spiro atoms. The fourth-order valence-electron chi connectivity index (χ4n) is 3.00. The van der Waals surface area contributed by atoms with Crippen molar-refractivity contribution < 1.29 is 9.90 Å². The summed E-state index contributed by atoms with van der Waals surface area (Å²) in [6, 6.07) is 0. The molecular formula is C20H38O2. The number of rotatable bonds is 15. The molecule has 0 aromatic carbocycles. The Balaban J connectivity index is 3.64. The SMILES string of the molecule is CCCCCCCCCCCCC(C=C(C)C(=O)O)CCC. The van der Waals surface area contributed by atoms with Crippen molar-refractivity contribution in [2.24, 2.45) is 5.92 Å². The van der Waals surface area contributed by atoms with E-state index in [0.717, 1.165) is 19.3 Å². The number of carboxylic acids is 1. The normalized spacial score (nSPS) is 13.3. The highest BCUT2D eigenvalue weighted by Gasteiger charge is 2.08. The zero-order valence-electron chi connectivity index (χ0n) is 15.2. The summed E-state index contributed by atoms with van der Waals surface area (Å²) in [6.07, 6.45) is 18.9. The van der Waals surface area contributed by atoms with E-state index in [1.165, 1.54) is 64.2 Å². The van der Waals surface area contributed by atoms with Crippen molar-refractivity contribution in [3.63, 3.8) is 0 Å². The van der Waals surface area contributed by atoms with Gasteiger partial charge in [-0.2, -0.15) is 0 Å². The van der Waals surface area contributed by atoms with E-state index in [2.05, 4.69) is 13.8 Å². The zero-order chi connectivity index (χ0) is 16.6. The fourth-order valence-corrected chi connectivity index (χ4v) is 3.00. The van der Waals surface area contributed by atoms with Gasteiger partial charge in [0, 0.05) is 5.57 Å². The van der Waals surface area contributed by atoms with Crippen LogP contribution < -0.4 is 0 Å². The average Bonchev–Trinajstić information content (AvgIpc) is 2.49. The Morgan fingerprint density at radius 2 is 1.32 bits per heavy atom. The Labute approximate surface area is 138 Å². The van der Waals surface area contributed by atoms with Crippen LogP contribution in [-0.2, 0) is 4.79 Å². The monoisotopic (exact) mass is 310 g/mol. The molecule has 1 atom stereocenters. The van der Waals surface area contributed by atoms with Gasteiger partial charge in [0.15, 0.2) is 0 Å². The molecule has 1 N–H and O–H groups in total. The molecule has 130 valence electrons. The van der Waals surface area contributed by atoms with Crippen molar-refractivity contribution >= 4 is 5.97 Å². The molecule has 22 heavy (non-hydrogen) atoms. The van der Waals surface area contributed by atoms with Crippen LogP contribution in [0.3, 0.4) is 0 Å². The lowest BCUT2D eigenvalue weighted by atomic mass is 9.94. The van der Waals surface area contributed by atoms with Crippen molar-refractivity contribution in [2.45, 2.75) is 104 Å². The van der Waals surface area contributed by atoms with Gasteiger partial charge < -0.3 is 5.11 Å². The van der Waals surface area contributed by atoms with E-state index in [-0.39, 0.29) is 0 Å². The Morgan fingerprint density at radius 3 is 1.77 bits per heavy atom. The first kappa shape index (κ1) is 21.2. The molecule has 1 unspecified atom stereocenters. The van der Waals surface area contributed by atoms with Crippen LogP contribution in [0.5, 0.6) is 0 Å². The third kappa shape index (κ3) is 12.9. The van der Waals surface area contributed by atoms with Crippen LogP contribution in [0.4, 0.5) is 0 Å². The number of allylic oxidation sites excluding steroid dienone is 1. The maximum atomic E-state index is 10.9. The number of unbranched alkanes of at least 4 members (excludes halogenated alkanes) is 9. The van der Waals surface area contributed by atoms with Gasteiger partial charge in [-0.1, -0.05) is 90.6 Å². The van der Waals surface area contributed by atoms with Crippen LogP contribution in [0.25, 0.3) is 0 Å². The van der Waals surface area contributed by atoms with Crippen molar-refractivity contribution in [3.05, 3.63) is 11.6 Å². The fraction of sp³-hybridized carbons (Fsp3) is 0.850. The molecule has 0 saturated heterocycles. The summed E-state index contributed by atoms with van der Waals surface area (Å²) in [4.78, 5) is 10.9. The van der Waals surface area contributed by atoms with Gasteiger partial charge in [-0.05, 0) is 25.7 Å². The summed E-state index contributed by atoms with van der Waals surface area (Å²) < 4.78 is 0. The second-order valence-electron chi connectivity index (χ2n) is 6.67. The third-order valence-electron chi connectivity index (χ3n) is 4.41. The molecule has 0 rings (SSSR count). The molecule has 0 aliphatic heterocycles. The van der Waals surface area contributed by atoms with E-state index < -0.39 is 5.97 Å². The van der Waals surface area contributed by atoms with Crippen LogP contribution in [0, 0.1) is 5.92 Å². The Kier molecular flexibility index (Phi) is 14.6. The number of hydrogen-bond acceptors (Lipinski definition) is 1. The van der Waals surface area contributed by atoms with Gasteiger partial charge in [0.25, 0.3) is 0 Å². The van der Waals surface area contributed by atoms with Crippen LogP contribution >= 0.6 is 0 Å². The molecule has 0 heterocycles. The number of carbonyl (C=O) groups is 1. The summed E-state index contributed by atoms with van der Waals surface area (Å²) in [5.74, 6) is -0.320. The smallest absolute Gasteiger partial charge is 0.330 e. The first-order valence-corrected chi connectivity index (χ1v) is 9.53. The third-order valence-corrected chi connectivity index (χ3v) is 4.41. The minimum Gasteiger partial charge on any atom is -0.478 e. The molecule has 0 saturated carbocycles. The first-order valence-electron chi connectivity index (χ1n) is 9.53. The predicted molar refractivity (Wildman–Crippen MR) is 96.3 cm³/mol. The zero-order valence-corrected chi connectivity index (χ0v) is 15.2. The van der Waals surface area contributed by atoms with Crippen LogP contribution in [-0.4, -0.2) is 11.1 Å². The van der Waals surface area contributed by atoms with E-state index >= 15 is 0 Å². The molecule has 0 fully saturated rings. The summed E-state index contributed by atoms with van der Waals surface area (Å²) in [6.45, 7) is 6.15. The van der Waals surface area contributed by atoms with Gasteiger partial charge in [-0.25, -0.2) is 4.79 Å². The number of carboxylic acid groups (broad SMARTS) is 1. The van der Waals surface area contributed by atoms with Gasteiger partial charge in [-0.15, -0.1) is 0 Å². The second kappa shape index (κ2) is 15.1. The summed E-state index contributed by atoms with van der Waals surface area (Å²) in [7, 11) is 0. The standard InChI is InChI=1S/C20H38O2/c1-4-6-7-8-9-10-11-12-13-14-16-19(15-5-2)17-18(3)20(21)22/h17,19H,4-16H2,1-3H3,(H,21,22). The topological polar surface area (TPSA) is 37.3 Å². The Morgan fingerprint density at radius 1 is 0.818 bits per heavy atom. The largest absolute Gasteiger partial charge is 0.478 e. The average molecular weight is 311 g/mol. The lowest BCUT2D eigenvalue weighted by Crippen LogP contribution is -2.02. The molecular weight excluding hydrogens is 272 g/mol. The summed E-state index contributed by atoms with van der Waals surface area (Å²) in [5.41, 5.74) is 0.505. The molecule has 0 amide bonds. The molecule has 2 heteroatoms. The molecule has 0 bridgehead atoms. The molecule has 0 aliphatic carbocycles. The van der Waals surface area contributed by atoms with Crippen molar-refractivity contribution in [2.75, 3.05) is 0 Å². The Hall–Kier alpha value is -0.790. The minimum absolute atomic E-state index is 0.454. The molecule has 0 aromatic rings. The van der Waals surface area contributed by atoms with Gasteiger partial charge in [0.2, 0.25) is 0 Å². The predicted octanol–water partition coefficient (Wildman–Crippen LogP) is 6.74. The highest BCUT2D eigenvalue weighted by molar-refractivity contribution is 5.85. The van der Waals surface area contributed by atoms with Gasteiger partial charge >= 0.3 is 5.97 Å². The quantitative estimate of drug-likeness (QED) is 0.268. The van der Waals surface area contributed by atoms with Gasteiger partial charge in [-0.3, -0.25) is 0 Å². The minimum atomic E-state index is -0.774. The highest BCUT2D eigenvalue weighted by Crippen LogP contribution is 2.20. The van der Waals surface area contributed by atoms with E-state index in [9.17, 15) is 4.79 Å². The lowest BCUT2D eigenvalue weighted by Gasteiger charge is -2.12. The number of aliphatic carboxylic acids is 1. The van der Waals surface area contributed by atoms with E-state index in [1.54, 1.807) is 6.92 Å². The Bertz CT molecular complexity index is 294. The maximum Gasteiger partial charge on any atom is 0.330 e. The second-order valence-corrected chi connectivity index (χ2v) is 6.67. The highest BCUT2D eigenvalue weighted by atomic mass is 16.4. The summed E-state index contributed by atoms with van der Waals surface area (Å²) >= 11 is 0. The van der Waals surface area contributed by atoms with Crippen LogP contribution in [0.15, 0.2) is 11.6 Å². The van der Waals surface area contributed by atoms with Crippen molar-refractivity contribution in [1.29, 1.82) is 0 Å². The molecule has 0 aliphatic rings. The molecule has 0 radical (unpaired) electrons. The van der Waals surface area contributed by atoms with E-state index in [4.69, 9.17) is 5.11 Å². The van der Waals surface area contributed by atoms with Gasteiger partial charge in [0.1, 0.15) is 0 Å². The van der Waals surface area contributed by atoms with Gasteiger partial charge in [0.05, 0.1) is 0 Å².